The van der Waals surface area contributed by atoms with Crippen LogP contribution in [0.15, 0.2) is 36.4 Å². The van der Waals surface area contributed by atoms with E-state index in [2.05, 4.69) is 0 Å². The van der Waals surface area contributed by atoms with Crippen molar-refractivity contribution in [1.82, 2.24) is 0 Å². The van der Waals surface area contributed by atoms with E-state index in [0.717, 1.165) is 11.1 Å². The average Bonchev–Trinajstić information content (AvgIpc) is 2.52. The molecule has 0 aliphatic heterocycles. The number of benzene rings is 2. The lowest BCUT2D eigenvalue weighted by Crippen LogP contribution is -2.30. The van der Waals surface area contributed by atoms with Crippen molar-refractivity contribution in [1.29, 1.82) is 0 Å². The molecule has 22 heavy (non-hydrogen) atoms. The van der Waals surface area contributed by atoms with Gasteiger partial charge in [0.25, 0.3) is 0 Å². The number of hydrogen-bond acceptors (Lipinski definition) is 4. The Balaban J connectivity index is 0.000000224. The van der Waals surface area contributed by atoms with Crippen LogP contribution in [-0.2, 0) is 13.1 Å². The second kappa shape index (κ2) is 8.55. The van der Waals surface area contributed by atoms with Crippen molar-refractivity contribution < 1.29 is 23.2 Å². The van der Waals surface area contributed by atoms with Crippen LogP contribution < -0.4 is 16.9 Å². The van der Waals surface area contributed by atoms with Crippen LogP contribution in [0.1, 0.15) is 11.1 Å². The highest BCUT2D eigenvalue weighted by Gasteiger charge is 2.17. The predicted octanol–water partition coefficient (Wildman–Crippen LogP) is 0.388. The van der Waals surface area contributed by atoms with Crippen LogP contribution in [0.5, 0.6) is 0 Å². The van der Waals surface area contributed by atoms with Crippen molar-refractivity contribution in [3.05, 3.63) is 65.0 Å². The summed E-state index contributed by atoms with van der Waals surface area (Å²) in [4.78, 5) is 0. The first-order valence-corrected chi connectivity index (χ1v) is 6.37. The minimum Gasteiger partial charge on any atom is -0.423 e. The van der Waals surface area contributed by atoms with E-state index in [1.807, 2.05) is 24.3 Å². The maximum absolute atomic E-state index is 12.4. The maximum atomic E-state index is 12.4. The van der Waals surface area contributed by atoms with Crippen molar-refractivity contribution in [2.24, 2.45) is 11.5 Å². The van der Waals surface area contributed by atoms with E-state index in [0.29, 0.717) is 25.2 Å². The molecule has 0 spiro atoms. The van der Waals surface area contributed by atoms with E-state index < -0.39 is 30.0 Å². The van der Waals surface area contributed by atoms with Crippen LogP contribution in [-0.4, -0.2) is 17.2 Å². The monoisotopic (exact) mass is 312 g/mol. The van der Waals surface area contributed by atoms with Gasteiger partial charge in [0.15, 0.2) is 17.5 Å². The molecular weight excluding hydrogens is 296 g/mol. The highest BCUT2D eigenvalue weighted by molar-refractivity contribution is 6.58. The van der Waals surface area contributed by atoms with Gasteiger partial charge in [-0.15, -0.1) is 0 Å². The molecule has 8 heteroatoms. The number of hydrogen-bond donors (Lipinski definition) is 4. The second-order valence-corrected chi connectivity index (χ2v) is 4.40. The van der Waals surface area contributed by atoms with E-state index in [1.165, 1.54) is 0 Å². The molecule has 2 aromatic rings. The number of halogens is 3. The molecule has 0 aliphatic rings. The lowest BCUT2D eigenvalue weighted by atomic mass is 9.80. The van der Waals surface area contributed by atoms with E-state index in [9.17, 15) is 13.2 Å². The van der Waals surface area contributed by atoms with Crippen LogP contribution in [0, 0.1) is 17.5 Å². The zero-order chi connectivity index (χ0) is 16.7. The van der Waals surface area contributed by atoms with Gasteiger partial charge in [-0.25, -0.2) is 13.2 Å². The van der Waals surface area contributed by atoms with Gasteiger partial charge in [-0.2, -0.15) is 0 Å². The van der Waals surface area contributed by atoms with Crippen molar-refractivity contribution in [2.75, 3.05) is 0 Å². The topological polar surface area (TPSA) is 92.5 Å². The molecule has 0 atom stereocenters. The summed E-state index contributed by atoms with van der Waals surface area (Å²) in [5.41, 5.74) is 12.7. The third kappa shape index (κ3) is 5.16. The molecule has 2 rings (SSSR count). The van der Waals surface area contributed by atoms with Gasteiger partial charge < -0.3 is 21.5 Å². The minimum absolute atomic E-state index is 0.425. The Labute approximate surface area is 126 Å². The summed E-state index contributed by atoms with van der Waals surface area (Å²) in [5, 5.41) is 16.9. The Morgan fingerprint density at radius 2 is 1.32 bits per heavy atom. The largest absolute Gasteiger partial charge is 0.488 e. The molecule has 0 radical (unpaired) electrons. The van der Waals surface area contributed by atoms with E-state index >= 15 is 0 Å². The van der Waals surface area contributed by atoms with Crippen molar-refractivity contribution in [3.8, 4) is 0 Å². The second-order valence-electron chi connectivity index (χ2n) is 4.40. The molecular formula is C14H16BF3N2O2. The van der Waals surface area contributed by atoms with Crippen LogP contribution in [0.3, 0.4) is 0 Å². The number of nitrogens with two attached hydrogens (primary N) is 2. The molecule has 0 aromatic heterocycles. The number of rotatable bonds is 3. The molecule has 118 valence electrons. The lowest BCUT2D eigenvalue weighted by molar-refractivity contribution is 0.421. The molecule has 0 bridgehead atoms. The van der Waals surface area contributed by atoms with Crippen molar-refractivity contribution in [3.63, 3.8) is 0 Å². The van der Waals surface area contributed by atoms with Crippen LogP contribution >= 0.6 is 0 Å². The normalized spacial score (nSPS) is 9.95. The zero-order valence-electron chi connectivity index (χ0n) is 11.6. The third-order valence-electron chi connectivity index (χ3n) is 2.77. The molecule has 6 N–H and O–H groups in total. The van der Waals surface area contributed by atoms with Crippen LogP contribution in [0.2, 0.25) is 0 Å². The van der Waals surface area contributed by atoms with Gasteiger partial charge in [-0.3, -0.25) is 0 Å². The Bertz CT molecular complexity index is 585. The van der Waals surface area contributed by atoms with Crippen LogP contribution in [0.4, 0.5) is 13.2 Å². The molecule has 0 aliphatic carbocycles. The van der Waals surface area contributed by atoms with E-state index in [-0.39, 0.29) is 0 Å². The van der Waals surface area contributed by atoms with Gasteiger partial charge in [0, 0.05) is 13.1 Å². The summed E-state index contributed by atoms with van der Waals surface area (Å²) in [6.45, 7) is 1.18. The first-order chi connectivity index (χ1) is 10.4. The SMILES string of the molecule is NCc1cccc(CN)c1.OB(O)c1cc(F)c(F)c(F)c1. The molecule has 2 aromatic carbocycles. The molecule has 4 nitrogen and oxygen atoms in total. The van der Waals surface area contributed by atoms with E-state index in [1.54, 1.807) is 0 Å². The average molecular weight is 312 g/mol. The fourth-order valence-corrected chi connectivity index (χ4v) is 1.61. The third-order valence-corrected chi connectivity index (χ3v) is 2.77. The van der Waals surface area contributed by atoms with Crippen molar-refractivity contribution in [2.45, 2.75) is 13.1 Å². The Morgan fingerprint density at radius 1 is 0.864 bits per heavy atom. The summed E-state index contributed by atoms with van der Waals surface area (Å²) in [5.74, 6) is -4.52. The quantitative estimate of drug-likeness (QED) is 0.487. The predicted molar refractivity (Wildman–Crippen MR) is 78.4 cm³/mol. The Morgan fingerprint density at radius 3 is 1.68 bits per heavy atom. The first-order valence-electron chi connectivity index (χ1n) is 6.37. The summed E-state index contributed by atoms with van der Waals surface area (Å²) >= 11 is 0. The van der Waals surface area contributed by atoms with Gasteiger partial charge in [-0.05, 0) is 28.7 Å². The van der Waals surface area contributed by atoms with Gasteiger partial charge in [0.1, 0.15) is 0 Å². The maximum Gasteiger partial charge on any atom is 0.488 e. The Kier molecular flexibility index (Phi) is 7.06. The highest BCUT2D eigenvalue weighted by atomic mass is 19.2. The fraction of sp³-hybridized carbons (Fsp3) is 0.143. The van der Waals surface area contributed by atoms with Gasteiger partial charge >= 0.3 is 7.12 Å². The fourth-order valence-electron chi connectivity index (χ4n) is 1.61. The molecule has 0 amide bonds. The summed E-state index contributed by atoms with van der Waals surface area (Å²) in [6.07, 6.45) is 0. The Hall–Kier alpha value is -1.87. The zero-order valence-corrected chi connectivity index (χ0v) is 11.6. The highest BCUT2D eigenvalue weighted by Crippen LogP contribution is 2.07. The molecule has 0 fully saturated rings. The molecule has 0 saturated carbocycles. The molecule has 0 saturated heterocycles. The minimum atomic E-state index is -2.00. The molecule has 0 unspecified atom stereocenters. The first kappa shape index (κ1) is 18.2. The standard InChI is InChI=1S/C8H12N2.C6H4BF3O2/c9-5-7-2-1-3-8(4-7)6-10;8-4-1-3(7(11)12)2-5(9)6(4)10/h1-4H,5-6,9-10H2;1-2,11-12H. The lowest BCUT2D eigenvalue weighted by Gasteiger charge is -2.00. The van der Waals surface area contributed by atoms with Crippen molar-refractivity contribution >= 4 is 12.6 Å². The smallest absolute Gasteiger partial charge is 0.423 e. The van der Waals surface area contributed by atoms with E-state index in [4.69, 9.17) is 21.5 Å². The van der Waals surface area contributed by atoms with Gasteiger partial charge in [-0.1, -0.05) is 24.3 Å². The summed E-state index contributed by atoms with van der Waals surface area (Å²) in [7, 11) is -2.00. The molecule has 0 heterocycles. The summed E-state index contributed by atoms with van der Waals surface area (Å²) in [6, 6.07) is 9.04. The van der Waals surface area contributed by atoms with Gasteiger partial charge in [0.05, 0.1) is 0 Å². The van der Waals surface area contributed by atoms with Gasteiger partial charge in [0.2, 0.25) is 0 Å². The summed E-state index contributed by atoms with van der Waals surface area (Å²) < 4.78 is 37.0. The van der Waals surface area contributed by atoms with Crippen LogP contribution in [0.25, 0.3) is 0 Å².